The molecule has 0 aliphatic rings. The second kappa shape index (κ2) is 10.6. The number of Topliss-reactive ketones (excluding diaryl/α,β-unsaturated/α-hetero) is 1. The largest absolute Gasteiger partial charge is 0.480 e. The van der Waals surface area contributed by atoms with Crippen LogP contribution in [0, 0.1) is 0 Å². The highest BCUT2D eigenvalue weighted by molar-refractivity contribution is 6.00. The molecule has 132 valence electrons. The minimum atomic E-state index is -1.36. The van der Waals surface area contributed by atoms with Crippen molar-refractivity contribution in [2.75, 3.05) is 6.61 Å². The Balaban J connectivity index is 2.68. The molecular weight excluding hydrogens is 308 g/mol. The van der Waals surface area contributed by atoms with E-state index in [2.05, 4.69) is 6.92 Å². The fraction of sp³-hybridized carbons (Fsp3) is 0.526. The Morgan fingerprint density at radius 2 is 1.62 bits per heavy atom. The lowest BCUT2D eigenvalue weighted by Crippen LogP contribution is -2.23. The first-order valence-electron chi connectivity index (χ1n) is 8.53. The van der Waals surface area contributed by atoms with Crippen LogP contribution in [0.4, 0.5) is 0 Å². The third-order valence-electron chi connectivity index (χ3n) is 3.84. The van der Waals surface area contributed by atoms with Crippen molar-refractivity contribution < 1.29 is 24.2 Å². The van der Waals surface area contributed by atoms with Gasteiger partial charge in [-0.15, -0.1) is 0 Å². The van der Waals surface area contributed by atoms with E-state index in [0.717, 1.165) is 19.3 Å². The molecule has 1 unspecified atom stereocenters. The summed E-state index contributed by atoms with van der Waals surface area (Å²) in [5.74, 6) is -3.37. The number of ether oxygens (including phenoxy) is 1. The molecule has 5 nitrogen and oxygen atoms in total. The van der Waals surface area contributed by atoms with Crippen molar-refractivity contribution >= 4 is 17.7 Å². The van der Waals surface area contributed by atoms with Crippen molar-refractivity contribution in [1.82, 2.24) is 0 Å². The smallest absolute Gasteiger partial charge is 0.324 e. The van der Waals surface area contributed by atoms with Gasteiger partial charge in [0.05, 0.1) is 6.61 Å². The Bertz CT molecular complexity index is 547. The molecule has 1 aromatic carbocycles. The number of ketones is 1. The number of hydrogen-bond donors (Lipinski definition) is 1. The van der Waals surface area contributed by atoms with Crippen molar-refractivity contribution in [3.8, 4) is 0 Å². The maximum atomic E-state index is 12.1. The van der Waals surface area contributed by atoms with Crippen molar-refractivity contribution in [2.45, 2.75) is 58.3 Å². The molecule has 0 fully saturated rings. The van der Waals surface area contributed by atoms with Crippen LogP contribution in [0.3, 0.4) is 0 Å². The Kier molecular flexibility index (Phi) is 8.76. The van der Waals surface area contributed by atoms with Gasteiger partial charge in [-0.2, -0.15) is 0 Å². The SMILES string of the molecule is CCCCCCCC(=O)c1ccc(C(C(=O)O)C(=O)OCC)cc1. The third kappa shape index (κ3) is 6.14. The number of esters is 1. The van der Waals surface area contributed by atoms with Crippen molar-refractivity contribution in [1.29, 1.82) is 0 Å². The maximum Gasteiger partial charge on any atom is 0.324 e. The Labute approximate surface area is 143 Å². The number of hydrogen-bond acceptors (Lipinski definition) is 4. The molecule has 0 aliphatic carbocycles. The average Bonchev–Trinajstić information content (AvgIpc) is 2.55. The summed E-state index contributed by atoms with van der Waals surface area (Å²) in [6.45, 7) is 3.89. The van der Waals surface area contributed by atoms with E-state index in [9.17, 15) is 19.5 Å². The van der Waals surface area contributed by atoms with Crippen LogP contribution in [0.5, 0.6) is 0 Å². The number of carboxylic acids is 1. The minimum absolute atomic E-state index is 0.0426. The normalized spacial score (nSPS) is 11.8. The van der Waals surface area contributed by atoms with Gasteiger partial charge in [-0.3, -0.25) is 14.4 Å². The number of unbranched alkanes of at least 4 members (excludes halogenated alkanes) is 4. The fourth-order valence-electron chi connectivity index (χ4n) is 2.50. The highest BCUT2D eigenvalue weighted by Crippen LogP contribution is 2.20. The molecule has 0 amide bonds. The van der Waals surface area contributed by atoms with E-state index >= 15 is 0 Å². The summed E-state index contributed by atoms with van der Waals surface area (Å²) in [5.41, 5.74) is 0.864. The van der Waals surface area contributed by atoms with E-state index in [0.29, 0.717) is 17.5 Å². The van der Waals surface area contributed by atoms with Gasteiger partial charge in [-0.25, -0.2) is 0 Å². The highest BCUT2D eigenvalue weighted by Gasteiger charge is 2.29. The third-order valence-corrected chi connectivity index (χ3v) is 3.84. The van der Waals surface area contributed by atoms with Crippen LogP contribution in [0.25, 0.3) is 0 Å². The van der Waals surface area contributed by atoms with Crippen molar-refractivity contribution in [3.63, 3.8) is 0 Å². The molecule has 0 radical (unpaired) electrons. The number of rotatable bonds is 11. The zero-order valence-electron chi connectivity index (χ0n) is 14.4. The van der Waals surface area contributed by atoms with Crippen LogP contribution in [0.15, 0.2) is 24.3 Å². The summed E-state index contributed by atoms with van der Waals surface area (Å²) >= 11 is 0. The summed E-state index contributed by atoms with van der Waals surface area (Å²) < 4.78 is 4.80. The molecule has 5 heteroatoms. The number of carbonyl (C=O) groups excluding carboxylic acids is 2. The van der Waals surface area contributed by atoms with Gasteiger partial charge in [-0.05, 0) is 18.9 Å². The molecule has 1 N–H and O–H groups in total. The minimum Gasteiger partial charge on any atom is -0.480 e. The van der Waals surface area contributed by atoms with E-state index in [4.69, 9.17) is 4.74 Å². The number of aliphatic carboxylic acids is 1. The van der Waals surface area contributed by atoms with Gasteiger partial charge in [0.1, 0.15) is 0 Å². The first-order chi connectivity index (χ1) is 11.5. The zero-order valence-corrected chi connectivity index (χ0v) is 14.4. The Morgan fingerprint density at radius 1 is 1.00 bits per heavy atom. The predicted molar refractivity (Wildman–Crippen MR) is 91.2 cm³/mol. The standard InChI is InChI=1S/C19H26O5/c1-3-5-6-7-8-9-16(20)14-10-12-15(13-11-14)17(18(21)22)19(23)24-4-2/h10-13,17H,3-9H2,1-2H3,(H,21,22). The summed E-state index contributed by atoms with van der Waals surface area (Å²) in [4.78, 5) is 35.2. The lowest BCUT2D eigenvalue weighted by atomic mass is 9.96. The van der Waals surface area contributed by atoms with Gasteiger partial charge >= 0.3 is 11.9 Å². The molecule has 0 bridgehead atoms. The predicted octanol–water partition coefficient (Wildman–Crippen LogP) is 3.96. The topological polar surface area (TPSA) is 80.7 Å². The Hall–Kier alpha value is -2.17. The molecule has 0 saturated carbocycles. The van der Waals surface area contributed by atoms with Gasteiger partial charge in [0, 0.05) is 12.0 Å². The molecule has 24 heavy (non-hydrogen) atoms. The first kappa shape index (κ1) is 19.9. The maximum absolute atomic E-state index is 12.1. The van der Waals surface area contributed by atoms with Crippen LogP contribution >= 0.6 is 0 Å². The van der Waals surface area contributed by atoms with Gasteiger partial charge in [0.25, 0.3) is 0 Å². The Morgan fingerprint density at radius 3 is 2.17 bits per heavy atom. The first-order valence-corrected chi connectivity index (χ1v) is 8.53. The summed E-state index contributed by atoms with van der Waals surface area (Å²) in [5, 5.41) is 9.22. The summed E-state index contributed by atoms with van der Waals surface area (Å²) in [6, 6.07) is 6.19. The quantitative estimate of drug-likeness (QED) is 0.287. The highest BCUT2D eigenvalue weighted by atomic mass is 16.5. The molecule has 0 aromatic heterocycles. The number of carbonyl (C=O) groups is 3. The molecule has 0 heterocycles. The van der Waals surface area contributed by atoms with Crippen LogP contribution in [-0.4, -0.2) is 29.4 Å². The summed E-state index contributed by atoms with van der Waals surface area (Å²) in [7, 11) is 0. The van der Waals surface area contributed by atoms with E-state index in [-0.39, 0.29) is 12.4 Å². The van der Waals surface area contributed by atoms with Crippen molar-refractivity contribution in [2.24, 2.45) is 0 Å². The van der Waals surface area contributed by atoms with Gasteiger partial charge in [0.2, 0.25) is 0 Å². The molecule has 0 spiro atoms. The van der Waals surface area contributed by atoms with Crippen LogP contribution in [0.1, 0.15) is 74.2 Å². The van der Waals surface area contributed by atoms with E-state index in [1.54, 1.807) is 19.1 Å². The van der Waals surface area contributed by atoms with E-state index in [1.807, 2.05) is 0 Å². The molecular formula is C19H26O5. The zero-order chi connectivity index (χ0) is 17.9. The van der Waals surface area contributed by atoms with E-state index < -0.39 is 17.9 Å². The van der Waals surface area contributed by atoms with Gasteiger partial charge in [0.15, 0.2) is 11.7 Å². The van der Waals surface area contributed by atoms with E-state index in [1.165, 1.54) is 25.0 Å². The lowest BCUT2D eigenvalue weighted by Gasteiger charge is -2.12. The molecule has 1 atom stereocenters. The molecule has 0 aliphatic heterocycles. The van der Waals surface area contributed by atoms with Crippen LogP contribution in [0.2, 0.25) is 0 Å². The second-order valence-corrected chi connectivity index (χ2v) is 5.73. The molecule has 0 saturated heterocycles. The van der Waals surface area contributed by atoms with Crippen LogP contribution in [-0.2, 0) is 14.3 Å². The molecule has 1 rings (SSSR count). The monoisotopic (exact) mass is 334 g/mol. The lowest BCUT2D eigenvalue weighted by molar-refractivity contribution is -0.153. The summed E-state index contributed by atoms with van der Waals surface area (Å²) in [6.07, 6.45) is 5.89. The number of carboxylic acid groups (broad SMARTS) is 1. The second-order valence-electron chi connectivity index (χ2n) is 5.73. The van der Waals surface area contributed by atoms with Gasteiger partial charge in [-0.1, -0.05) is 56.9 Å². The fourth-order valence-corrected chi connectivity index (χ4v) is 2.50. The average molecular weight is 334 g/mol. The van der Waals surface area contributed by atoms with Gasteiger partial charge < -0.3 is 9.84 Å². The van der Waals surface area contributed by atoms with Crippen molar-refractivity contribution in [3.05, 3.63) is 35.4 Å². The van der Waals surface area contributed by atoms with Crippen LogP contribution < -0.4 is 0 Å². The molecule has 1 aromatic rings. The number of benzene rings is 1.